The topological polar surface area (TPSA) is 95.6 Å². The van der Waals surface area contributed by atoms with E-state index in [1.54, 1.807) is 72.8 Å². The van der Waals surface area contributed by atoms with Crippen molar-refractivity contribution in [3.05, 3.63) is 95.6 Å². The van der Waals surface area contributed by atoms with Crippen molar-refractivity contribution in [3.8, 4) is 0 Å². The van der Waals surface area contributed by atoms with Gasteiger partial charge in [0.15, 0.2) is 0 Å². The van der Waals surface area contributed by atoms with Gasteiger partial charge in [-0.3, -0.25) is 13.9 Å². The smallest absolute Gasteiger partial charge is 0.255 e. The van der Waals surface area contributed by atoms with E-state index in [9.17, 15) is 18.0 Å². The van der Waals surface area contributed by atoms with E-state index < -0.39 is 10.0 Å². The first-order valence-corrected chi connectivity index (χ1v) is 12.3. The largest absolute Gasteiger partial charge is 0.350 e. The molecule has 0 saturated carbocycles. The highest BCUT2D eigenvalue weighted by molar-refractivity contribution is 7.92. The van der Waals surface area contributed by atoms with E-state index in [0.29, 0.717) is 22.5 Å². The molecule has 0 radical (unpaired) electrons. The van der Waals surface area contributed by atoms with Gasteiger partial charge in [-0.05, 0) is 55.8 Å². The highest BCUT2D eigenvalue weighted by Gasteiger charge is 2.18. The number of nitrogens with zero attached hydrogens (tertiary/aromatic N) is 1. The first-order chi connectivity index (χ1) is 15.6. The van der Waals surface area contributed by atoms with E-state index in [0.717, 1.165) is 11.8 Å². The monoisotopic (exact) mass is 465 g/mol. The molecular weight excluding hydrogens is 438 g/mol. The second-order valence-electron chi connectivity index (χ2n) is 7.93. The zero-order valence-corrected chi connectivity index (χ0v) is 19.6. The maximum Gasteiger partial charge on any atom is 0.255 e. The second-order valence-corrected chi connectivity index (χ2v) is 9.84. The van der Waals surface area contributed by atoms with Crippen molar-refractivity contribution < 1.29 is 18.0 Å². The standard InChI is InChI=1S/C25H27N3O4S/c1-18(2)26-25(30)22-11-7-8-12-23(22)27-24(29)20-15-13-19(14-16-20)17-28(33(3,31)32)21-9-5-4-6-10-21/h4-16,18H,17H2,1-3H3,(H,26,30)(H,27,29). The molecule has 0 aliphatic carbocycles. The van der Waals surface area contributed by atoms with Crippen molar-refractivity contribution in [3.63, 3.8) is 0 Å². The minimum Gasteiger partial charge on any atom is -0.350 e. The molecule has 33 heavy (non-hydrogen) atoms. The minimum atomic E-state index is -3.49. The quantitative estimate of drug-likeness (QED) is 0.525. The van der Waals surface area contributed by atoms with Crippen LogP contribution in [-0.2, 0) is 16.6 Å². The van der Waals surface area contributed by atoms with Gasteiger partial charge in [0.1, 0.15) is 0 Å². The summed E-state index contributed by atoms with van der Waals surface area (Å²) < 4.78 is 25.9. The van der Waals surface area contributed by atoms with Crippen molar-refractivity contribution in [2.45, 2.75) is 26.4 Å². The summed E-state index contributed by atoms with van der Waals surface area (Å²) in [5.74, 6) is -0.632. The predicted octanol–water partition coefficient (Wildman–Crippen LogP) is 4.04. The molecule has 2 amide bonds. The molecule has 0 heterocycles. The number of nitrogens with one attached hydrogen (secondary N) is 2. The number of para-hydroxylation sites is 2. The van der Waals surface area contributed by atoms with Gasteiger partial charge in [-0.25, -0.2) is 8.42 Å². The summed E-state index contributed by atoms with van der Waals surface area (Å²) in [6.07, 6.45) is 1.16. The van der Waals surface area contributed by atoms with Crippen LogP contribution in [0.5, 0.6) is 0 Å². The fraction of sp³-hybridized carbons (Fsp3) is 0.200. The molecule has 3 rings (SSSR count). The zero-order chi connectivity index (χ0) is 24.0. The molecule has 0 saturated heterocycles. The minimum absolute atomic E-state index is 0.0313. The number of carbonyl (C=O) groups is 2. The van der Waals surface area contributed by atoms with Gasteiger partial charge in [0.25, 0.3) is 11.8 Å². The Morgan fingerprint density at radius 1 is 0.848 bits per heavy atom. The van der Waals surface area contributed by atoms with Crippen molar-refractivity contribution in [2.24, 2.45) is 0 Å². The molecule has 0 aliphatic rings. The highest BCUT2D eigenvalue weighted by Crippen LogP contribution is 2.21. The molecule has 8 heteroatoms. The Balaban J connectivity index is 1.76. The van der Waals surface area contributed by atoms with Gasteiger partial charge in [-0.2, -0.15) is 0 Å². The molecular formula is C25H27N3O4S. The summed E-state index contributed by atoms with van der Waals surface area (Å²) in [5, 5.41) is 5.60. The molecule has 0 atom stereocenters. The number of benzene rings is 3. The molecule has 0 aromatic heterocycles. The molecule has 0 aliphatic heterocycles. The fourth-order valence-electron chi connectivity index (χ4n) is 3.25. The molecule has 0 fully saturated rings. The normalized spacial score (nSPS) is 11.2. The average Bonchev–Trinajstić information content (AvgIpc) is 2.77. The Bertz CT molecular complexity index is 1220. The van der Waals surface area contributed by atoms with Crippen LogP contribution in [0.15, 0.2) is 78.9 Å². The number of amides is 2. The predicted molar refractivity (Wildman–Crippen MR) is 131 cm³/mol. The third-order valence-electron chi connectivity index (χ3n) is 4.83. The van der Waals surface area contributed by atoms with Crippen molar-refractivity contribution in [1.29, 1.82) is 0 Å². The summed E-state index contributed by atoms with van der Waals surface area (Å²) in [7, 11) is -3.49. The number of carbonyl (C=O) groups excluding carboxylic acids is 2. The maximum atomic E-state index is 12.8. The Hall–Kier alpha value is -3.65. The van der Waals surface area contributed by atoms with Crippen molar-refractivity contribution in [1.82, 2.24) is 5.32 Å². The third kappa shape index (κ3) is 6.43. The number of hydrogen-bond acceptors (Lipinski definition) is 4. The molecule has 0 unspecified atom stereocenters. The summed E-state index contributed by atoms with van der Waals surface area (Å²) in [4.78, 5) is 25.2. The second kappa shape index (κ2) is 10.3. The first kappa shape index (κ1) is 24.0. The van der Waals surface area contributed by atoms with E-state index in [4.69, 9.17) is 0 Å². The maximum absolute atomic E-state index is 12.8. The number of anilines is 2. The van der Waals surface area contributed by atoms with Crippen LogP contribution < -0.4 is 14.9 Å². The van der Waals surface area contributed by atoms with Gasteiger partial charge in [0.05, 0.1) is 29.7 Å². The Labute approximate surface area is 194 Å². The molecule has 3 aromatic carbocycles. The Kier molecular flexibility index (Phi) is 7.50. The molecule has 172 valence electrons. The van der Waals surface area contributed by atoms with E-state index in [2.05, 4.69) is 10.6 Å². The molecule has 2 N–H and O–H groups in total. The van der Waals surface area contributed by atoms with Crippen LogP contribution in [0.4, 0.5) is 11.4 Å². The van der Waals surface area contributed by atoms with Gasteiger partial charge in [0, 0.05) is 11.6 Å². The van der Waals surface area contributed by atoms with Crippen LogP contribution in [0.3, 0.4) is 0 Å². The van der Waals surface area contributed by atoms with Crippen LogP contribution in [0.2, 0.25) is 0 Å². The lowest BCUT2D eigenvalue weighted by atomic mass is 10.1. The number of rotatable bonds is 8. The van der Waals surface area contributed by atoms with E-state index in [1.165, 1.54) is 4.31 Å². The van der Waals surface area contributed by atoms with Crippen LogP contribution in [-0.4, -0.2) is 32.5 Å². The number of hydrogen-bond donors (Lipinski definition) is 2. The van der Waals surface area contributed by atoms with Crippen molar-refractivity contribution in [2.75, 3.05) is 15.9 Å². The third-order valence-corrected chi connectivity index (χ3v) is 5.97. The van der Waals surface area contributed by atoms with Gasteiger partial charge >= 0.3 is 0 Å². The summed E-state index contributed by atoms with van der Waals surface area (Å²) in [6.45, 7) is 3.87. The van der Waals surface area contributed by atoms with Gasteiger partial charge in [-0.15, -0.1) is 0 Å². The summed E-state index contributed by atoms with van der Waals surface area (Å²) >= 11 is 0. The molecule has 0 bridgehead atoms. The van der Waals surface area contributed by atoms with Crippen LogP contribution >= 0.6 is 0 Å². The van der Waals surface area contributed by atoms with Gasteiger partial charge in [-0.1, -0.05) is 42.5 Å². The lowest BCUT2D eigenvalue weighted by Gasteiger charge is -2.22. The fourth-order valence-corrected chi connectivity index (χ4v) is 4.13. The molecule has 7 nitrogen and oxygen atoms in total. The van der Waals surface area contributed by atoms with Crippen LogP contribution in [0, 0.1) is 0 Å². The SMILES string of the molecule is CC(C)NC(=O)c1ccccc1NC(=O)c1ccc(CN(c2ccccc2)S(C)(=O)=O)cc1. The number of sulfonamides is 1. The Morgan fingerprint density at radius 3 is 2.06 bits per heavy atom. The lowest BCUT2D eigenvalue weighted by Crippen LogP contribution is -2.31. The summed E-state index contributed by atoms with van der Waals surface area (Å²) in [6, 6.07) is 22.3. The van der Waals surface area contributed by atoms with Gasteiger partial charge in [0.2, 0.25) is 10.0 Å². The van der Waals surface area contributed by atoms with Crippen molar-refractivity contribution >= 4 is 33.2 Å². The zero-order valence-electron chi connectivity index (χ0n) is 18.8. The van der Waals surface area contributed by atoms with Crippen LogP contribution in [0.1, 0.15) is 40.1 Å². The van der Waals surface area contributed by atoms with E-state index in [-0.39, 0.29) is 24.4 Å². The van der Waals surface area contributed by atoms with Crippen LogP contribution in [0.25, 0.3) is 0 Å². The highest BCUT2D eigenvalue weighted by atomic mass is 32.2. The molecule has 3 aromatic rings. The summed E-state index contributed by atoms with van der Waals surface area (Å²) in [5.41, 5.74) is 2.49. The van der Waals surface area contributed by atoms with Gasteiger partial charge < -0.3 is 10.6 Å². The van der Waals surface area contributed by atoms with E-state index >= 15 is 0 Å². The molecule has 0 spiro atoms. The first-order valence-electron chi connectivity index (χ1n) is 10.5. The lowest BCUT2D eigenvalue weighted by molar-refractivity contribution is 0.0944. The Morgan fingerprint density at radius 2 is 1.45 bits per heavy atom. The average molecular weight is 466 g/mol. The van der Waals surface area contributed by atoms with E-state index in [1.807, 2.05) is 19.9 Å².